The number of carbonyl (C=O) groups excluding carboxylic acids is 1. The average Bonchev–Trinajstić information content (AvgIpc) is 3.37. The molecule has 7 heteroatoms. The Balaban J connectivity index is 1.48. The standard InChI is InChI=1S/C20H21N5O2/c1-12-18(20(27)24-10-14-7-8-17(26)15(14)11-24)22-23-25(12)16-6-2-4-13-5-3-9-21-19(13)16/h2-6,9,14-15,17,26H,7-8,10-11H2,1H3/t14-,15+,17-/m0/s1. The van der Waals surface area contributed by atoms with Crippen LogP contribution in [0.25, 0.3) is 16.6 Å². The van der Waals surface area contributed by atoms with Gasteiger partial charge >= 0.3 is 0 Å². The Hall–Kier alpha value is -2.80. The molecule has 0 bridgehead atoms. The molecule has 0 unspecified atom stereocenters. The summed E-state index contributed by atoms with van der Waals surface area (Å²) in [6.07, 6.45) is 3.30. The molecule has 0 radical (unpaired) electrons. The van der Waals surface area contributed by atoms with E-state index in [0.29, 0.717) is 30.4 Å². The molecule has 1 aliphatic carbocycles. The van der Waals surface area contributed by atoms with Gasteiger partial charge in [0.15, 0.2) is 5.69 Å². The maximum atomic E-state index is 13.0. The van der Waals surface area contributed by atoms with E-state index in [1.165, 1.54) is 0 Å². The third-order valence-corrected chi connectivity index (χ3v) is 6.04. The molecule has 1 amide bonds. The van der Waals surface area contributed by atoms with Crippen LogP contribution in [0.2, 0.25) is 0 Å². The summed E-state index contributed by atoms with van der Waals surface area (Å²) in [5.41, 5.74) is 2.71. The van der Waals surface area contributed by atoms with Crippen LogP contribution in [-0.2, 0) is 0 Å². The number of para-hydroxylation sites is 1. The first-order valence-electron chi connectivity index (χ1n) is 9.37. The van der Waals surface area contributed by atoms with E-state index >= 15 is 0 Å². The van der Waals surface area contributed by atoms with Crippen molar-refractivity contribution >= 4 is 16.8 Å². The number of amides is 1. The first-order chi connectivity index (χ1) is 13.1. The highest BCUT2D eigenvalue weighted by Crippen LogP contribution is 2.38. The van der Waals surface area contributed by atoms with E-state index in [0.717, 1.165) is 29.4 Å². The van der Waals surface area contributed by atoms with E-state index < -0.39 is 0 Å². The van der Waals surface area contributed by atoms with Gasteiger partial charge in [0.1, 0.15) is 0 Å². The van der Waals surface area contributed by atoms with Gasteiger partial charge in [-0.15, -0.1) is 5.10 Å². The molecule has 7 nitrogen and oxygen atoms in total. The number of aliphatic hydroxyl groups is 1. The minimum atomic E-state index is -0.286. The van der Waals surface area contributed by atoms with Crippen LogP contribution in [0.4, 0.5) is 0 Å². The fraction of sp³-hybridized carbons (Fsp3) is 0.400. The first-order valence-corrected chi connectivity index (χ1v) is 9.37. The van der Waals surface area contributed by atoms with Gasteiger partial charge in [0.2, 0.25) is 0 Å². The molecule has 27 heavy (non-hydrogen) atoms. The largest absolute Gasteiger partial charge is 0.393 e. The number of carbonyl (C=O) groups is 1. The summed E-state index contributed by atoms with van der Waals surface area (Å²) in [5.74, 6) is 0.502. The van der Waals surface area contributed by atoms with Gasteiger partial charge in [0.05, 0.1) is 23.0 Å². The van der Waals surface area contributed by atoms with Crippen LogP contribution < -0.4 is 0 Å². The molecule has 0 spiro atoms. The zero-order valence-electron chi connectivity index (χ0n) is 15.1. The van der Waals surface area contributed by atoms with Crippen LogP contribution in [0.1, 0.15) is 29.0 Å². The molecule has 3 atom stereocenters. The Bertz CT molecular complexity index is 1020. The van der Waals surface area contributed by atoms with E-state index in [1.807, 2.05) is 42.2 Å². The Morgan fingerprint density at radius 1 is 1.19 bits per heavy atom. The predicted octanol–water partition coefficient (Wildman–Crippen LogP) is 1.97. The Labute approximate surface area is 156 Å². The normalized spacial score (nSPS) is 24.5. The molecule has 2 fully saturated rings. The zero-order valence-corrected chi connectivity index (χ0v) is 15.1. The summed E-state index contributed by atoms with van der Waals surface area (Å²) in [5, 5.41) is 19.5. The topological polar surface area (TPSA) is 84.1 Å². The number of fused-ring (bicyclic) bond motifs is 2. The number of hydrogen-bond acceptors (Lipinski definition) is 5. The van der Waals surface area contributed by atoms with Crippen molar-refractivity contribution in [1.29, 1.82) is 0 Å². The van der Waals surface area contributed by atoms with E-state index in [4.69, 9.17) is 0 Å². The summed E-state index contributed by atoms with van der Waals surface area (Å²) in [6, 6.07) is 9.78. The monoisotopic (exact) mass is 363 g/mol. The molecular formula is C20H21N5O2. The smallest absolute Gasteiger partial charge is 0.276 e. The second-order valence-electron chi connectivity index (χ2n) is 7.57. The number of benzene rings is 1. The SMILES string of the molecule is Cc1c(C(=O)N2C[C@@H]3CC[C@H](O)[C@@H]3C2)nnn1-c1cccc2cccnc12. The lowest BCUT2D eigenvalue weighted by Crippen LogP contribution is -2.31. The third-order valence-electron chi connectivity index (χ3n) is 6.04. The minimum Gasteiger partial charge on any atom is -0.393 e. The van der Waals surface area contributed by atoms with Crippen molar-refractivity contribution in [1.82, 2.24) is 24.9 Å². The van der Waals surface area contributed by atoms with Gasteiger partial charge in [-0.2, -0.15) is 0 Å². The average molecular weight is 363 g/mol. The summed E-state index contributed by atoms with van der Waals surface area (Å²) in [4.78, 5) is 19.3. The number of aromatic nitrogens is 4. The van der Waals surface area contributed by atoms with Gasteiger partial charge in [-0.1, -0.05) is 23.4 Å². The lowest BCUT2D eigenvalue weighted by atomic mass is 10.00. The van der Waals surface area contributed by atoms with Crippen molar-refractivity contribution in [3.05, 3.63) is 47.9 Å². The number of nitrogens with zero attached hydrogens (tertiary/aromatic N) is 5. The fourth-order valence-electron chi connectivity index (χ4n) is 4.57. The highest BCUT2D eigenvalue weighted by Gasteiger charge is 2.44. The first kappa shape index (κ1) is 16.4. The predicted molar refractivity (Wildman–Crippen MR) is 99.5 cm³/mol. The molecule has 2 aromatic heterocycles. The van der Waals surface area contributed by atoms with Crippen molar-refractivity contribution in [3.63, 3.8) is 0 Å². The third kappa shape index (κ3) is 2.53. The van der Waals surface area contributed by atoms with Gasteiger partial charge in [-0.25, -0.2) is 4.68 Å². The molecule has 1 aromatic carbocycles. The summed E-state index contributed by atoms with van der Waals surface area (Å²) in [7, 11) is 0. The van der Waals surface area contributed by atoms with Crippen molar-refractivity contribution in [2.45, 2.75) is 25.9 Å². The maximum absolute atomic E-state index is 13.0. The second kappa shape index (κ2) is 6.13. The van der Waals surface area contributed by atoms with Gasteiger partial charge < -0.3 is 10.0 Å². The molecule has 138 valence electrons. The summed E-state index contributed by atoms with van der Waals surface area (Å²) in [6.45, 7) is 3.16. The van der Waals surface area contributed by atoms with Crippen LogP contribution in [0, 0.1) is 18.8 Å². The molecule has 3 aromatic rings. The highest BCUT2D eigenvalue weighted by molar-refractivity contribution is 5.94. The van der Waals surface area contributed by atoms with Gasteiger partial charge in [0, 0.05) is 30.6 Å². The maximum Gasteiger partial charge on any atom is 0.276 e. The van der Waals surface area contributed by atoms with Crippen LogP contribution in [0.3, 0.4) is 0 Å². The van der Waals surface area contributed by atoms with Gasteiger partial charge in [-0.05, 0) is 37.8 Å². The Morgan fingerprint density at radius 3 is 2.89 bits per heavy atom. The molecule has 1 aliphatic heterocycles. The number of hydrogen-bond donors (Lipinski definition) is 1. The summed E-state index contributed by atoms with van der Waals surface area (Å²) >= 11 is 0. The van der Waals surface area contributed by atoms with Crippen LogP contribution in [-0.4, -0.2) is 55.1 Å². The molecule has 1 N–H and O–H groups in total. The van der Waals surface area contributed by atoms with Crippen LogP contribution in [0.5, 0.6) is 0 Å². The quantitative estimate of drug-likeness (QED) is 0.752. The van der Waals surface area contributed by atoms with E-state index in [-0.39, 0.29) is 17.9 Å². The molecule has 1 saturated carbocycles. The number of rotatable bonds is 2. The van der Waals surface area contributed by atoms with Crippen LogP contribution in [0.15, 0.2) is 36.5 Å². The van der Waals surface area contributed by atoms with Crippen molar-refractivity contribution in [3.8, 4) is 5.69 Å². The molecular weight excluding hydrogens is 342 g/mol. The molecule has 2 aliphatic rings. The Kier molecular flexibility index (Phi) is 3.72. The second-order valence-corrected chi connectivity index (χ2v) is 7.57. The summed E-state index contributed by atoms with van der Waals surface area (Å²) < 4.78 is 1.69. The molecule has 3 heterocycles. The van der Waals surface area contributed by atoms with E-state index in [9.17, 15) is 9.90 Å². The number of aliphatic hydroxyl groups excluding tert-OH is 1. The fourth-order valence-corrected chi connectivity index (χ4v) is 4.57. The van der Waals surface area contributed by atoms with Crippen molar-refractivity contribution in [2.75, 3.05) is 13.1 Å². The minimum absolute atomic E-state index is 0.103. The Morgan fingerprint density at radius 2 is 2.04 bits per heavy atom. The number of likely N-dealkylation sites (tertiary alicyclic amines) is 1. The lowest BCUT2D eigenvalue weighted by Gasteiger charge is -2.17. The molecule has 1 saturated heterocycles. The van der Waals surface area contributed by atoms with E-state index in [2.05, 4.69) is 15.3 Å². The van der Waals surface area contributed by atoms with E-state index in [1.54, 1.807) is 10.9 Å². The number of pyridine rings is 1. The molecule has 5 rings (SSSR count). The highest BCUT2D eigenvalue weighted by atomic mass is 16.3. The van der Waals surface area contributed by atoms with Crippen molar-refractivity contribution in [2.24, 2.45) is 11.8 Å². The van der Waals surface area contributed by atoms with Gasteiger partial charge in [0.25, 0.3) is 5.91 Å². The zero-order chi connectivity index (χ0) is 18.5. The van der Waals surface area contributed by atoms with Crippen molar-refractivity contribution < 1.29 is 9.90 Å². The van der Waals surface area contributed by atoms with Gasteiger partial charge in [-0.3, -0.25) is 9.78 Å². The van der Waals surface area contributed by atoms with Crippen LogP contribution >= 0.6 is 0 Å². The lowest BCUT2D eigenvalue weighted by molar-refractivity contribution is 0.0746.